The molecule has 2 N–H and O–H groups in total. The zero-order chi connectivity index (χ0) is 11.5. The number of nitrogens with two attached hydrogens (primary N) is 1. The van der Waals surface area contributed by atoms with Gasteiger partial charge in [-0.1, -0.05) is 23.2 Å². The molecule has 2 nitrogen and oxygen atoms in total. The summed E-state index contributed by atoms with van der Waals surface area (Å²) in [4.78, 5) is 0. The molecule has 1 aromatic carbocycles. The lowest BCUT2D eigenvalue weighted by Crippen LogP contribution is -2.33. The predicted molar refractivity (Wildman–Crippen MR) is 64.8 cm³/mol. The maximum absolute atomic E-state index is 5.94. The van der Waals surface area contributed by atoms with Gasteiger partial charge in [0, 0.05) is 10.6 Å². The third kappa shape index (κ3) is 4.74. The Labute approximate surface area is 100 Å². The summed E-state index contributed by atoms with van der Waals surface area (Å²) in [7, 11) is 0. The molecule has 84 valence electrons. The van der Waals surface area contributed by atoms with Crippen molar-refractivity contribution in [2.75, 3.05) is 6.61 Å². The van der Waals surface area contributed by atoms with Crippen molar-refractivity contribution in [1.82, 2.24) is 0 Å². The first-order valence-corrected chi connectivity index (χ1v) is 5.51. The molecule has 0 unspecified atom stereocenters. The monoisotopic (exact) mass is 247 g/mol. The Hall–Kier alpha value is -0.440. The zero-order valence-corrected chi connectivity index (χ0v) is 10.4. The summed E-state index contributed by atoms with van der Waals surface area (Å²) in [5.41, 5.74) is 5.60. The highest BCUT2D eigenvalue weighted by molar-refractivity contribution is 6.35. The molecule has 0 bridgehead atoms. The van der Waals surface area contributed by atoms with E-state index in [1.165, 1.54) is 0 Å². The Bertz CT molecular complexity index is 334. The van der Waals surface area contributed by atoms with Gasteiger partial charge in [-0.05, 0) is 38.5 Å². The zero-order valence-electron chi connectivity index (χ0n) is 8.89. The van der Waals surface area contributed by atoms with Gasteiger partial charge < -0.3 is 10.5 Å². The molecule has 1 rings (SSSR count). The van der Waals surface area contributed by atoms with Crippen molar-refractivity contribution in [3.05, 3.63) is 28.2 Å². The van der Waals surface area contributed by atoms with Crippen LogP contribution < -0.4 is 10.5 Å². The third-order valence-corrected chi connectivity index (χ3v) is 2.43. The smallest absolute Gasteiger partial charge is 0.137 e. The molecule has 0 atom stereocenters. The minimum absolute atomic E-state index is 0.223. The number of hydrogen-bond donors (Lipinski definition) is 1. The van der Waals surface area contributed by atoms with Crippen molar-refractivity contribution in [1.29, 1.82) is 0 Å². The molecule has 0 radical (unpaired) electrons. The van der Waals surface area contributed by atoms with Crippen LogP contribution in [0.2, 0.25) is 10.0 Å². The Morgan fingerprint density at radius 3 is 2.53 bits per heavy atom. The number of ether oxygens (including phenoxy) is 1. The van der Waals surface area contributed by atoms with E-state index in [1.54, 1.807) is 18.2 Å². The van der Waals surface area contributed by atoms with Gasteiger partial charge in [0.15, 0.2) is 0 Å². The highest BCUT2D eigenvalue weighted by atomic mass is 35.5. The van der Waals surface area contributed by atoms with Gasteiger partial charge in [0.25, 0.3) is 0 Å². The SMILES string of the molecule is CC(C)(N)CCOc1ccc(Cl)cc1Cl. The molecule has 0 amide bonds. The Kier molecular flexibility index (Phi) is 4.26. The molecule has 0 aliphatic carbocycles. The van der Waals surface area contributed by atoms with Crippen molar-refractivity contribution < 1.29 is 4.74 Å². The van der Waals surface area contributed by atoms with Crippen LogP contribution in [0.4, 0.5) is 0 Å². The molecule has 0 saturated carbocycles. The second kappa shape index (κ2) is 5.06. The lowest BCUT2D eigenvalue weighted by Gasteiger charge is -2.18. The standard InChI is InChI=1S/C11H15Cl2NO/c1-11(2,14)5-6-15-10-4-3-8(12)7-9(10)13/h3-4,7H,5-6,14H2,1-2H3. The van der Waals surface area contributed by atoms with Crippen LogP contribution in [0.5, 0.6) is 5.75 Å². The largest absolute Gasteiger partial charge is 0.492 e. The summed E-state index contributed by atoms with van der Waals surface area (Å²) >= 11 is 11.7. The molecule has 15 heavy (non-hydrogen) atoms. The van der Waals surface area contributed by atoms with Crippen LogP contribution in [0.3, 0.4) is 0 Å². The van der Waals surface area contributed by atoms with Gasteiger partial charge in [-0.15, -0.1) is 0 Å². The predicted octanol–water partition coefficient (Wildman–Crippen LogP) is 3.50. The molecule has 0 heterocycles. The maximum atomic E-state index is 5.94. The second-order valence-electron chi connectivity index (χ2n) is 4.16. The van der Waals surface area contributed by atoms with Crippen LogP contribution in [0.15, 0.2) is 18.2 Å². The quantitative estimate of drug-likeness (QED) is 0.884. The number of halogens is 2. The first kappa shape index (κ1) is 12.6. The molecule has 0 aliphatic heterocycles. The molecule has 0 aliphatic rings. The minimum Gasteiger partial charge on any atom is -0.492 e. The van der Waals surface area contributed by atoms with E-state index in [9.17, 15) is 0 Å². The van der Waals surface area contributed by atoms with Crippen molar-refractivity contribution in [3.8, 4) is 5.75 Å². The number of hydrogen-bond acceptors (Lipinski definition) is 2. The fraction of sp³-hybridized carbons (Fsp3) is 0.455. The lowest BCUT2D eigenvalue weighted by atomic mass is 10.0. The van der Waals surface area contributed by atoms with Crippen LogP contribution >= 0.6 is 23.2 Å². The minimum atomic E-state index is -0.223. The Morgan fingerprint density at radius 1 is 1.33 bits per heavy atom. The van der Waals surface area contributed by atoms with E-state index in [1.807, 2.05) is 13.8 Å². The van der Waals surface area contributed by atoms with Crippen molar-refractivity contribution in [3.63, 3.8) is 0 Å². The van der Waals surface area contributed by atoms with Crippen molar-refractivity contribution in [2.24, 2.45) is 5.73 Å². The maximum Gasteiger partial charge on any atom is 0.137 e. The van der Waals surface area contributed by atoms with Gasteiger partial charge in [0.2, 0.25) is 0 Å². The highest BCUT2D eigenvalue weighted by Crippen LogP contribution is 2.27. The van der Waals surface area contributed by atoms with Crippen LogP contribution in [0, 0.1) is 0 Å². The first-order chi connectivity index (χ1) is 6.88. The fourth-order valence-corrected chi connectivity index (χ4v) is 1.48. The van der Waals surface area contributed by atoms with E-state index in [-0.39, 0.29) is 5.54 Å². The van der Waals surface area contributed by atoms with Crippen LogP contribution in [0.25, 0.3) is 0 Å². The summed E-state index contributed by atoms with van der Waals surface area (Å²) in [5.74, 6) is 0.644. The van der Waals surface area contributed by atoms with E-state index < -0.39 is 0 Å². The van der Waals surface area contributed by atoms with Crippen LogP contribution in [-0.2, 0) is 0 Å². The van der Waals surface area contributed by atoms with E-state index in [4.69, 9.17) is 33.7 Å². The van der Waals surface area contributed by atoms with E-state index in [0.717, 1.165) is 6.42 Å². The summed E-state index contributed by atoms with van der Waals surface area (Å²) in [6.45, 7) is 4.46. The summed E-state index contributed by atoms with van der Waals surface area (Å²) in [6.07, 6.45) is 0.770. The van der Waals surface area contributed by atoms with Gasteiger partial charge in [-0.3, -0.25) is 0 Å². The van der Waals surface area contributed by atoms with E-state index in [0.29, 0.717) is 22.4 Å². The molecule has 0 aromatic heterocycles. The van der Waals surface area contributed by atoms with Gasteiger partial charge in [0.1, 0.15) is 5.75 Å². The van der Waals surface area contributed by atoms with Gasteiger partial charge >= 0.3 is 0 Å². The second-order valence-corrected chi connectivity index (χ2v) is 5.01. The average Bonchev–Trinajstić information content (AvgIpc) is 2.07. The van der Waals surface area contributed by atoms with Crippen LogP contribution in [0.1, 0.15) is 20.3 Å². The summed E-state index contributed by atoms with van der Waals surface area (Å²) in [6, 6.07) is 5.16. The molecular weight excluding hydrogens is 233 g/mol. The Balaban J connectivity index is 2.51. The molecular formula is C11H15Cl2NO. The summed E-state index contributed by atoms with van der Waals surface area (Å²) in [5, 5.41) is 1.13. The molecule has 0 saturated heterocycles. The lowest BCUT2D eigenvalue weighted by molar-refractivity contribution is 0.274. The van der Waals surface area contributed by atoms with Crippen molar-refractivity contribution in [2.45, 2.75) is 25.8 Å². The first-order valence-electron chi connectivity index (χ1n) is 4.75. The van der Waals surface area contributed by atoms with Gasteiger partial charge in [-0.2, -0.15) is 0 Å². The molecule has 0 spiro atoms. The molecule has 4 heteroatoms. The van der Waals surface area contributed by atoms with Crippen molar-refractivity contribution >= 4 is 23.2 Å². The molecule has 1 aromatic rings. The fourth-order valence-electron chi connectivity index (χ4n) is 1.02. The highest BCUT2D eigenvalue weighted by Gasteiger charge is 2.11. The number of rotatable bonds is 4. The topological polar surface area (TPSA) is 35.2 Å². The van der Waals surface area contributed by atoms with E-state index in [2.05, 4.69) is 0 Å². The van der Waals surface area contributed by atoms with Gasteiger partial charge in [-0.25, -0.2) is 0 Å². The van der Waals surface area contributed by atoms with Gasteiger partial charge in [0.05, 0.1) is 11.6 Å². The summed E-state index contributed by atoms with van der Waals surface area (Å²) < 4.78 is 5.50. The molecule has 0 fully saturated rings. The average molecular weight is 248 g/mol. The normalized spacial score (nSPS) is 11.5. The Morgan fingerprint density at radius 2 is 2.00 bits per heavy atom. The number of benzene rings is 1. The van der Waals surface area contributed by atoms with E-state index >= 15 is 0 Å². The van der Waals surface area contributed by atoms with Crippen LogP contribution in [-0.4, -0.2) is 12.1 Å². The third-order valence-electron chi connectivity index (χ3n) is 1.90.